The number of hydrogen-bond acceptors (Lipinski definition) is 5. The van der Waals surface area contributed by atoms with E-state index in [1.54, 1.807) is 25.3 Å². The molecule has 0 bridgehead atoms. The van der Waals surface area contributed by atoms with E-state index in [4.69, 9.17) is 16.3 Å². The highest BCUT2D eigenvalue weighted by Gasteiger charge is 2.14. The van der Waals surface area contributed by atoms with Gasteiger partial charge < -0.3 is 15.2 Å². The molecule has 0 aliphatic carbocycles. The number of nitrogens with one attached hydrogen (secondary N) is 1. The molecule has 0 aliphatic rings. The summed E-state index contributed by atoms with van der Waals surface area (Å²) in [4.78, 5) is 30.3. The zero-order valence-electron chi connectivity index (χ0n) is 17.2. The van der Waals surface area contributed by atoms with E-state index in [0.717, 1.165) is 11.3 Å². The molecular weight excluding hydrogens is 430 g/mol. The molecule has 1 heterocycles. The van der Waals surface area contributed by atoms with E-state index in [0.29, 0.717) is 29.6 Å². The van der Waals surface area contributed by atoms with Crippen molar-refractivity contribution in [3.63, 3.8) is 0 Å². The van der Waals surface area contributed by atoms with Crippen LogP contribution in [0.2, 0.25) is 5.02 Å². The van der Waals surface area contributed by atoms with Crippen LogP contribution >= 0.6 is 11.6 Å². The first-order valence-electron chi connectivity index (χ1n) is 9.88. The van der Waals surface area contributed by atoms with Crippen LogP contribution in [0.15, 0.2) is 71.8 Å². The molecule has 3 aromatic carbocycles. The number of halogens is 1. The third-order valence-corrected chi connectivity index (χ3v) is 5.43. The third kappa shape index (κ3) is 4.29. The highest BCUT2D eigenvalue weighted by atomic mass is 35.5. The van der Waals surface area contributed by atoms with Crippen molar-refractivity contribution in [2.45, 2.75) is 13.0 Å². The van der Waals surface area contributed by atoms with Gasteiger partial charge in [0.1, 0.15) is 11.5 Å². The molecule has 0 saturated carbocycles. The van der Waals surface area contributed by atoms with Crippen molar-refractivity contribution in [1.82, 2.24) is 9.55 Å². The highest BCUT2D eigenvalue weighted by molar-refractivity contribution is 6.32. The molecule has 32 heavy (non-hydrogen) atoms. The summed E-state index contributed by atoms with van der Waals surface area (Å²) in [5.74, 6) is 0.188. The number of rotatable bonds is 6. The number of para-hydroxylation sites is 1. The van der Waals surface area contributed by atoms with Crippen LogP contribution in [0.25, 0.3) is 10.9 Å². The first kappa shape index (κ1) is 21.4. The standard InChI is InChI=1S/C24H20ClN3O4/c1-32-21-8-3-2-5-15(21)11-12-28-14-26-18-6-4-7-19(22(18)24(28)31)27-23(30)16-9-10-20(29)17(25)13-16/h2-10,13-14,29H,11-12H2,1H3,(H,27,30). The number of aromatic nitrogens is 2. The van der Waals surface area contributed by atoms with Gasteiger partial charge in [-0.15, -0.1) is 0 Å². The number of methoxy groups -OCH3 is 1. The third-order valence-electron chi connectivity index (χ3n) is 5.13. The van der Waals surface area contributed by atoms with Gasteiger partial charge in [0.2, 0.25) is 0 Å². The molecule has 0 saturated heterocycles. The summed E-state index contributed by atoms with van der Waals surface area (Å²) in [6.45, 7) is 0.401. The van der Waals surface area contributed by atoms with E-state index < -0.39 is 5.91 Å². The largest absolute Gasteiger partial charge is 0.506 e. The Morgan fingerprint density at radius 3 is 2.75 bits per heavy atom. The molecule has 162 valence electrons. The number of aromatic hydroxyl groups is 1. The van der Waals surface area contributed by atoms with Crippen molar-refractivity contribution >= 4 is 34.1 Å². The number of phenolic OH excluding ortho intramolecular Hbond substituents is 1. The maximum Gasteiger partial charge on any atom is 0.263 e. The average Bonchev–Trinajstić information content (AvgIpc) is 2.80. The van der Waals surface area contributed by atoms with E-state index in [1.165, 1.54) is 29.1 Å². The number of nitrogens with zero attached hydrogens (tertiary/aromatic N) is 2. The van der Waals surface area contributed by atoms with Crippen LogP contribution in [-0.4, -0.2) is 27.7 Å². The fraction of sp³-hybridized carbons (Fsp3) is 0.125. The number of carbonyl (C=O) groups is 1. The lowest BCUT2D eigenvalue weighted by Gasteiger charge is -2.12. The van der Waals surface area contributed by atoms with Crippen molar-refractivity contribution in [3.05, 3.63) is 93.5 Å². The van der Waals surface area contributed by atoms with Crippen LogP contribution in [0.1, 0.15) is 15.9 Å². The molecule has 0 aliphatic heterocycles. The van der Waals surface area contributed by atoms with Crippen LogP contribution in [-0.2, 0) is 13.0 Å². The van der Waals surface area contributed by atoms with Gasteiger partial charge in [-0.05, 0) is 48.4 Å². The molecule has 0 atom stereocenters. The predicted octanol–water partition coefficient (Wildman–Crippen LogP) is 4.26. The number of carbonyl (C=O) groups excluding carboxylic acids is 1. The van der Waals surface area contributed by atoms with Gasteiger partial charge in [0, 0.05) is 12.1 Å². The molecule has 0 fully saturated rings. The van der Waals surface area contributed by atoms with Crippen molar-refractivity contribution in [2.24, 2.45) is 0 Å². The topological polar surface area (TPSA) is 93.4 Å². The Labute approximate surface area is 188 Å². The molecule has 4 rings (SSSR count). The van der Waals surface area contributed by atoms with Gasteiger partial charge in [-0.25, -0.2) is 4.98 Å². The predicted molar refractivity (Wildman–Crippen MR) is 124 cm³/mol. The molecule has 8 heteroatoms. The second-order valence-electron chi connectivity index (χ2n) is 7.12. The second kappa shape index (κ2) is 9.11. The fourth-order valence-electron chi connectivity index (χ4n) is 3.46. The van der Waals surface area contributed by atoms with E-state index in [1.807, 2.05) is 24.3 Å². The Kier molecular flexibility index (Phi) is 6.09. The fourth-order valence-corrected chi connectivity index (χ4v) is 3.64. The summed E-state index contributed by atoms with van der Waals surface area (Å²) in [5, 5.41) is 12.7. The molecule has 4 aromatic rings. The minimum Gasteiger partial charge on any atom is -0.506 e. The van der Waals surface area contributed by atoms with Gasteiger partial charge in [0.15, 0.2) is 0 Å². The molecular formula is C24H20ClN3O4. The minimum atomic E-state index is -0.455. The van der Waals surface area contributed by atoms with E-state index >= 15 is 0 Å². The number of fused-ring (bicyclic) bond motifs is 1. The summed E-state index contributed by atoms with van der Waals surface area (Å²) in [6, 6.07) is 16.9. The average molecular weight is 450 g/mol. The Hall–Kier alpha value is -3.84. The second-order valence-corrected chi connectivity index (χ2v) is 7.53. The lowest BCUT2D eigenvalue weighted by molar-refractivity contribution is 0.102. The van der Waals surface area contributed by atoms with Gasteiger partial charge in [0.25, 0.3) is 11.5 Å². The Morgan fingerprint density at radius 1 is 1.16 bits per heavy atom. The molecule has 0 radical (unpaired) electrons. The Bertz CT molecular complexity index is 1370. The monoisotopic (exact) mass is 449 g/mol. The minimum absolute atomic E-state index is 0.0657. The first-order valence-corrected chi connectivity index (χ1v) is 10.3. The molecule has 2 N–H and O–H groups in total. The van der Waals surface area contributed by atoms with Crippen molar-refractivity contribution in [3.8, 4) is 11.5 Å². The zero-order valence-corrected chi connectivity index (χ0v) is 18.0. The van der Waals surface area contributed by atoms with Gasteiger partial charge in [-0.2, -0.15) is 0 Å². The molecule has 7 nitrogen and oxygen atoms in total. The SMILES string of the molecule is COc1ccccc1CCn1cnc2cccc(NC(=O)c3ccc(O)c(Cl)c3)c2c1=O. The van der Waals surface area contributed by atoms with E-state index in [-0.39, 0.29) is 21.9 Å². The van der Waals surface area contributed by atoms with Crippen LogP contribution in [0, 0.1) is 0 Å². The van der Waals surface area contributed by atoms with Gasteiger partial charge >= 0.3 is 0 Å². The normalized spacial score (nSPS) is 10.8. The van der Waals surface area contributed by atoms with Crippen molar-refractivity contribution in [2.75, 3.05) is 12.4 Å². The highest BCUT2D eigenvalue weighted by Crippen LogP contribution is 2.25. The molecule has 0 spiro atoms. The zero-order chi connectivity index (χ0) is 22.7. The Balaban J connectivity index is 1.65. The van der Waals surface area contributed by atoms with Crippen LogP contribution in [0.3, 0.4) is 0 Å². The molecule has 1 aromatic heterocycles. The maximum absolute atomic E-state index is 13.2. The van der Waals surface area contributed by atoms with Crippen LogP contribution < -0.4 is 15.6 Å². The number of hydrogen-bond donors (Lipinski definition) is 2. The van der Waals surface area contributed by atoms with Gasteiger partial charge in [0.05, 0.1) is 35.1 Å². The number of anilines is 1. The molecule has 0 unspecified atom stereocenters. The number of aryl methyl sites for hydroxylation is 2. The summed E-state index contributed by atoms with van der Waals surface area (Å²) < 4.78 is 6.90. The van der Waals surface area contributed by atoms with E-state index in [2.05, 4.69) is 10.3 Å². The summed E-state index contributed by atoms with van der Waals surface area (Å²) in [7, 11) is 1.61. The summed E-state index contributed by atoms with van der Waals surface area (Å²) in [5.41, 5.74) is 1.80. The van der Waals surface area contributed by atoms with Gasteiger partial charge in [-0.1, -0.05) is 35.9 Å². The number of amides is 1. The first-order chi connectivity index (χ1) is 15.5. The molecule has 1 amide bonds. The van der Waals surface area contributed by atoms with Crippen LogP contribution in [0.4, 0.5) is 5.69 Å². The maximum atomic E-state index is 13.2. The smallest absolute Gasteiger partial charge is 0.263 e. The summed E-state index contributed by atoms with van der Waals surface area (Å²) >= 11 is 5.91. The number of benzene rings is 3. The van der Waals surface area contributed by atoms with Crippen molar-refractivity contribution in [1.29, 1.82) is 0 Å². The van der Waals surface area contributed by atoms with E-state index in [9.17, 15) is 14.7 Å². The number of ether oxygens (including phenoxy) is 1. The quantitative estimate of drug-likeness (QED) is 0.458. The Morgan fingerprint density at radius 2 is 1.97 bits per heavy atom. The van der Waals surface area contributed by atoms with Gasteiger partial charge in [-0.3, -0.25) is 14.2 Å². The lowest BCUT2D eigenvalue weighted by Crippen LogP contribution is -2.23. The number of phenols is 1. The lowest BCUT2D eigenvalue weighted by atomic mass is 10.1. The van der Waals surface area contributed by atoms with Crippen LogP contribution in [0.5, 0.6) is 11.5 Å². The summed E-state index contributed by atoms with van der Waals surface area (Å²) in [6.07, 6.45) is 2.09. The van der Waals surface area contributed by atoms with Crippen molar-refractivity contribution < 1.29 is 14.6 Å².